The first-order chi connectivity index (χ1) is 10.2. The molecule has 5 nitrogen and oxygen atoms in total. The summed E-state index contributed by atoms with van der Waals surface area (Å²) in [6.07, 6.45) is 4.98. The van der Waals surface area contributed by atoms with E-state index in [0.717, 1.165) is 16.9 Å². The molecule has 0 saturated heterocycles. The lowest BCUT2D eigenvalue weighted by Crippen LogP contribution is -2.00. The summed E-state index contributed by atoms with van der Waals surface area (Å²) in [5, 5.41) is 9.37. The van der Waals surface area contributed by atoms with Crippen LogP contribution in [0.2, 0.25) is 5.02 Å². The maximum atomic E-state index is 8.90. The molecule has 0 radical (unpaired) electrons. The van der Waals surface area contributed by atoms with Crippen molar-refractivity contribution < 1.29 is 0 Å². The molecule has 0 saturated carbocycles. The molecule has 0 aliphatic carbocycles. The number of hydrogen-bond donors (Lipinski definition) is 1. The smallest absolute Gasteiger partial charge is 0.132 e. The van der Waals surface area contributed by atoms with Gasteiger partial charge in [-0.1, -0.05) is 11.6 Å². The summed E-state index contributed by atoms with van der Waals surface area (Å²) in [6.45, 7) is 0. The average Bonchev–Trinajstić information content (AvgIpc) is 2.96. The van der Waals surface area contributed by atoms with Crippen molar-refractivity contribution in [1.29, 1.82) is 5.26 Å². The summed E-state index contributed by atoms with van der Waals surface area (Å²) in [7, 11) is 0. The van der Waals surface area contributed by atoms with E-state index in [1.807, 2.05) is 16.7 Å². The summed E-state index contributed by atoms with van der Waals surface area (Å²) in [5.74, 6) is 0.420. The van der Waals surface area contributed by atoms with E-state index in [-0.39, 0.29) is 0 Å². The van der Waals surface area contributed by atoms with Gasteiger partial charge in [0.2, 0.25) is 0 Å². The highest BCUT2D eigenvalue weighted by molar-refractivity contribution is 6.32. The molecule has 6 heteroatoms. The van der Waals surface area contributed by atoms with Gasteiger partial charge in [0, 0.05) is 11.8 Å². The lowest BCUT2D eigenvalue weighted by Gasteiger charge is -2.11. The van der Waals surface area contributed by atoms with E-state index >= 15 is 0 Å². The van der Waals surface area contributed by atoms with Gasteiger partial charge in [-0.3, -0.25) is 4.57 Å². The zero-order valence-corrected chi connectivity index (χ0v) is 11.6. The molecule has 21 heavy (non-hydrogen) atoms. The fraction of sp³-hybridized carbons (Fsp3) is 0. The quantitative estimate of drug-likeness (QED) is 0.788. The molecule has 2 aromatic heterocycles. The summed E-state index contributed by atoms with van der Waals surface area (Å²) in [4.78, 5) is 8.24. The highest BCUT2D eigenvalue weighted by atomic mass is 35.5. The molecule has 0 unspecified atom stereocenters. The number of aromatic nitrogens is 3. The SMILES string of the molecule is N#Cc1ccc(-n2cncc2-c2cccnc2N)c(Cl)c1. The third-order valence-electron chi connectivity index (χ3n) is 3.09. The van der Waals surface area contributed by atoms with E-state index in [1.54, 1.807) is 36.9 Å². The molecular weight excluding hydrogens is 286 g/mol. The third kappa shape index (κ3) is 2.33. The minimum absolute atomic E-state index is 0.420. The Labute approximate surface area is 126 Å². The second kappa shape index (κ2) is 5.27. The largest absolute Gasteiger partial charge is 0.383 e. The first kappa shape index (κ1) is 13.2. The Balaban J connectivity index is 2.17. The highest BCUT2D eigenvalue weighted by Gasteiger charge is 2.12. The van der Waals surface area contributed by atoms with Crippen LogP contribution in [0.15, 0.2) is 49.1 Å². The van der Waals surface area contributed by atoms with Crippen molar-refractivity contribution >= 4 is 17.4 Å². The molecule has 0 bridgehead atoms. The number of nitrogens with two attached hydrogens (primary N) is 1. The Hall–Kier alpha value is -2.84. The maximum Gasteiger partial charge on any atom is 0.132 e. The molecule has 0 aliphatic heterocycles. The number of nitrogen functional groups attached to an aromatic ring is 1. The number of nitriles is 1. The van der Waals surface area contributed by atoms with E-state index in [1.165, 1.54) is 0 Å². The first-order valence-electron chi connectivity index (χ1n) is 6.14. The summed E-state index contributed by atoms with van der Waals surface area (Å²) in [6, 6.07) is 10.8. The van der Waals surface area contributed by atoms with Crippen LogP contribution >= 0.6 is 11.6 Å². The predicted octanol–water partition coefficient (Wildman–Crippen LogP) is 3.04. The van der Waals surface area contributed by atoms with Crippen molar-refractivity contribution in [2.45, 2.75) is 0 Å². The normalized spacial score (nSPS) is 10.3. The van der Waals surface area contributed by atoms with Crippen LogP contribution in [0, 0.1) is 11.3 Å². The number of pyridine rings is 1. The van der Waals surface area contributed by atoms with Gasteiger partial charge >= 0.3 is 0 Å². The van der Waals surface area contributed by atoms with Crippen LogP contribution in [0.1, 0.15) is 5.56 Å². The Kier molecular flexibility index (Phi) is 3.30. The highest BCUT2D eigenvalue weighted by Crippen LogP contribution is 2.29. The number of imidazole rings is 1. The van der Waals surface area contributed by atoms with Gasteiger partial charge in [-0.25, -0.2) is 9.97 Å². The topological polar surface area (TPSA) is 80.5 Å². The van der Waals surface area contributed by atoms with Crippen LogP contribution in [0.3, 0.4) is 0 Å². The molecule has 2 heterocycles. The Morgan fingerprint density at radius 2 is 2.14 bits per heavy atom. The van der Waals surface area contributed by atoms with Crippen molar-refractivity contribution in [2.24, 2.45) is 0 Å². The molecule has 0 amide bonds. The fourth-order valence-electron chi connectivity index (χ4n) is 2.09. The van der Waals surface area contributed by atoms with Crippen molar-refractivity contribution in [3.05, 3.63) is 59.6 Å². The van der Waals surface area contributed by atoms with Crippen LogP contribution in [0.4, 0.5) is 5.82 Å². The van der Waals surface area contributed by atoms with Gasteiger partial charge in [-0.15, -0.1) is 0 Å². The van der Waals surface area contributed by atoms with Gasteiger partial charge in [-0.05, 0) is 30.3 Å². The zero-order valence-electron chi connectivity index (χ0n) is 10.9. The van der Waals surface area contributed by atoms with Crippen molar-refractivity contribution in [1.82, 2.24) is 14.5 Å². The first-order valence-corrected chi connectivity index (χ1v) is 6.51. The zero-order chi connectivity index (χ0) is 14.8. The third-order valence-corrected chi connectivity index (χ3v) is 3.39. The van der Waals surface area contributed by atoms with E-state index in [0.29, 0.717) is 16.4 Å². The van der Waals surface area contributed by atoms with Gasteiger partial charge in [0.1, 0.15) is 5.82 Å². The second-order valence-corrected chi connectivity index (χ2v) is 4.77. The Morgan fingerprint density at radius 3 is 2.86 bits per heavy atom. The van der Waals surface area contributed by atoms with Gasteiger partial charge in [0.15, 0.2) is 0 Å². The number of nitrogens with zero attached hydrogens (tertiary/aromatic N) is 4. The van der Waals surface area contributed by atoms with Gasteiger partial charge in [0.25, 0.3) is 0 Å². The minimum atomic E-state index is 0.420. The van der Waals surface area contributed by atoms with Crippen LogP contribution in [0.5, 0.6) is 0 Å². The van der Waals surface area contributed by atoms with E-state index in [2.05, 4.69) is 16.0 Å². The minimum Gasteiger partial charge on any atom is -0.383 e. The second-order valence-electron chi connectivity index (χ2n) is 4.36. The van der Waals surface area contributed by atoms with Crippen LogP contribution < -0.4 is 5.73 Å². The number of benzene rings is 1. The molecule has 2 N–H and O–H groups in total. The van der Waals surface area contributed by atoms with Gasteiger partial charge in [-0.2, -0.15) is 5.26 Å². The van der Waals surface area contributed by atoms with Gasteiger partial charge in [0.05, 0.1) is 40.6 Å². The molecule has 0 atom stereocenters. The van der Waals surface area contributed by atoms with Crippen molar-refractivity contribution in [3.63, 3.8) is 0 Å². The molecule has 102 valence electrons. The Morgan fingerprint density at radius 1 is 1.29 bits per heavy atom. The molecule has 1 aromatic carbocycles. The molecule has 0 spiro atoms. The number of halogens is 1. The average molecular weight is 296 g/mol. The number of rotatable bonds is 2. The number of hydrogen-bond acceptors (Lipinski definition) is 4. The van der Waals surface area contributed by atoms with Gasteiger partial charge < -0.3 is 5.73 Å². The molecule has 0 fully saturated rings. The summed E-state index contributed by atoms with van der Waals surface area (Å²) in [5.41, 5.74) is 8.71. The van der Waals surface area contributed by atoms with E-state index in [9.17, 15) is 0 Å². The summed E-state index contributed by atoms with van der Waals surface area (Å²) >= 11 is 6.25. The number of anilines is 1. The summed E-state index contributed by atoms with van der Waals surface area (Å²) < 4.78 is 1.82. The molecular formula is C15H10ClN5. The fourth-order valence-corrected chi connectivity index (χ4v) is 2.36. The van der Waals surface area contributed by atoms with Crippen LogP contribution in [-0.4, -0.2) is 14.5 Å². The monoisotopic (exact) mass is 295 g/mol. The van der Waals surface area contributed by atoms with Crippen molar-refractivity contribution in [3.8, 4) is 23.0 Å². The van der Waals surface area contributed by atoms with E-state index in [4.69, 9.17) is 22.6 Å². The lowest BCUT2D eigenvalue weighted by atomic mass is 10.1. The maximum absolute atomic E-state index is 8.90. The van der Waals surface area contributed by atoms with Crippen LogP contribution in [-0.2, 0) is 0 Å². The van der Waals surface area contributed by atoms with Crippen LogP contribution in [0.25, 0.3) is 16.9 Å². The molecule has 3 aromatic rings. The molecule has 0 aliphatic rings. The molecule has 3 rings (SSSR count). The van der Waals surface area contributed by atoms with E-state index < -0.39 is 0 Å². The standard InChI is InChI=1S/C15H10ClN5/c16-12-6-10(7-17)3-4-13(12)21-9-19-8-14(21)11-2-1-5-20-15(11)18/h1-6,8-9H,(H2,18,20). The Bertz CT molecular complexity index is 847. The van der Waals surface area contributed by atoms with Crippen molar-refractivity contribution in [2.75, 3.05) is 5.73 Å². The predicted molar refractivity (Wildman–Crippen MR) is 80.9 cm³/mol. The lowest BCUT2D eigenvalue weighted by molar-refractivity contribution is 1.06.